The highest BCUT2D eigenvalue weighted by molar-refractivity contribution is 9.11. The zero-order valence-corrected chi connectivity index (χ0v) is 10.5. The molecule has 0 saturated carbocycles. The third kappa shape index (κ3) is 1.25. The summed E-state index contributed by atoms with van der Waals surface area (Å²) in [6.45, 7) is 7.34. The lowest BCUT2D eigenvalue weighted by Gasteiger charge is -2.23. The Labute approximate surface area is 83.9 Å². The number of fused-ring (bicyclic) bond motifs is 2. The molecule has 0 amide bonds. The summed E-state index contributed by atoms with van der Waals surface area (Å²) >= 11 is 3.62. The Morgan fingerprint density at radius 3 is 2.25 bits per heavy atom. The van der Waals surface area contributed by atoms with Crippen molar-refractivity contribution in [1.82, 2.24) is 0 Å². The quantitative estimate of drug-likeness (QED) is 0.616. The molecule has 0 fully saturated rings. The number of halogens is 1. The van der Waals surface area contributed by atoms with E-state index in [1.807, 2.05) is 0 Å². The summed E-state index contributed by atoms with van der Waals surface area (Å²) in [6.07, 6.45) is 6.28. The maximum Gasteiger partial charge on any atom is 0.0728 e. The van der Waals surface area contributed by atoms with Gasteiger partial charge in [0.2, 0.25) is 0 Å². The van der Waals surface area contributed by atoms with Crippen molar-refractivity contribution in [2.24, 2.45) is 11.8 Å². The van der Waals surface area contributed by atoms with Crippen LogP contribution in [0, 0.1) is 11.8 Å². The van der Waals surface area contributed by atoms with Gasteiger partial charge >= 0.3 is 0 Å². The summed E-state index contributed by atoms with van der Waals surface area (Å²) in [5.41, 5.74) is 0. The lowest BCUT2D eigenvalue weighted by Crippen LogP contribution is -2.26. The molecule has 0 aliphatic heterocycles. The van der Waals surface area contributed by atoms with Gasteiger partial charge in [-0.05, 0) is 16.8 Å². The second-order valence-electron chi connectivity index (χ2n) is 4.87. The fourth-order valence-corrected chi connectivity index (χ4v) is 4.93. The molecule has 12 heavy (non-hydrogen) atoms. The van der Waals surface area contributed by atoms with Crippen molar-refractivity contribution in [1.29, 1.82) is 0 Å². The van der Waals surface area contributed by atoms with Gasteiger partial charge in [-0.25, -0.2) is 0 Å². The second kappa shape index (κ2) is 2.58. The average molecular weight is 243 g/mol. The zero-order valence-electron chi connectivity index (χ0n) is 7.89. The van der Waals surface area contributed by atoms with Gasteiger partial charge in [0.25, 0.3) is 0 Å². The number of hydrogen-bond donors (Lipinski definition) is 0. The molecule has 0 nitrogen and oxygen atoms in total. The van der Waals surface area contributed by atoms with Crippen molar-refractivity contribution in [3.63, 3.8) is 0 Å². The lowest BCUT2D eigenvalue weighted by atomic mass is 10.2. The van der Waals surface area contributed by atoms with Crippen LogP contribution in [0.1, 0.15) is 6.42 Å². The molecule has 2 aliphatic rings. The maximum atomic E-state index is 3.62. The van der Waals surface area contributed by atoms with E-state index in [9.17, 15) is 0 Å². The van der Waals surface area contributed by atoms with E-state index >= 15 is 0 Å². The summed E-state index contributed by atoms with van der Waals surface area (Å²) in [6, 6.07) is 0. The summed E-state index contributed by atoms with van der Waals surface area (Å²) in [5, 5.41) is 1.77. The molecule has 66 valence electrons. The lowest BCUT2D eigenvalue weighted by molar-refractivity contribution is 0.722. The molecule has 0 radical (unpaired) electrons. The molecule has 2 unspecified atom stereocenters. The van der Waals surface area contributed by atoms with Crippen LogP contribution in [-0.4, -0.2) is 8.07 Å². The minimum absolute atomic E-state index is 0.733. The van der Waals surface area contributed by atoms with E-state index in [0.717, 1.165) is 11.8 Å². The summed E-state index contributed by atoms with van der Waals surface area (Å²) in [5.74, 6) is 1.52. The van der Waals surface area contributed by atoms with E-state index in [2.05, 4.69) is 47.7 Å². The fraction of sp³-hybridized carbons (Fsp3) is 0.600. The molecule has 0 saturated heterocycles. The van der Waals surface area contributed by atoms with Crippen LogP contribution in [0.4, 0.5) is 0 Å². The fourth-order valence-electron chi connectivity index (χ4n) is 2.28. The van der Waals surface area contributed by atoms with E-state index in [1.54, 1.807) is 5.20 Å². The minimum atomic E-state index is -1.01. The molecule has 0 aromatic carbocycles. The summed E-state index contributed by atoms with van der Waals surface area (Å²) in [4.78, 5) is 0. The van der Waals surface area contributed by atoms with Gasteiger partial charge in [0.1, 0.15) is 0 Å². The van der Waals surface area contributed by atoms with Gasteiger partial charge in [0, 0.05) is 5.92 Å². The molecule has 0 heterocycles. The summed E-state index contributed by atoms with van der Waals surface area (Å²) in [7, 11) is -1.01. The smallest absolute Gasteiger partial charge is 0.0728 e. The van der Waals surface area contributed by atoms with E-state index in [-0.39, 0.29) is 0 Å². The van der Waals surface area contributed by atoms with E-state index in [1.165, 1.54) is 10.9 Å². The third-order valence-electron chi connectivity index (χ3n) is 2.87. The maximum absolute atomic E-state index is 3.62. The Balaban J connectivity index is 2.27. The van der Waals surface area contributed by atoms with Crippen LogP contribution >= 0.6 is 15.9 Å². The molecule has 2 heteroatoms. The number of hydrogen-bond acceptors (Lipinski definition) is 0. The predicted molar refractivity (Wildman–Crippen MR) is 60.0 cm³/mol. The van der Waals surface area contributed by atoms with Crippen molar-refractivity contribution in [2.75, 3.05) is 0 Å². The highest BCUT2D eigenvalue weighted by atomic mass is 79.9. The Kier molecular flexibility index (Phi) is 1.88. The first kappa shape index (κ1) is 8.76. The van der Waals surface area contributed by atoms with Gasteiger partial charge in [-0.3, -0.25) is 0 Å². The highest BCUT2D eigenvalue weighted by Gasteiger charge is 2.37. The monoisotopic (exact) mass is 242 g/mol. The van der Waals surface area contributed by atoms with Crippen molar-refractivity contribution in [2.45, 2.75) is 26.1 Å². The molecule has 0 aromatic rings. The zero-order chi connectivity index (χ0) is 8.93. The Bertz CT molecular complexity index is 270. The van der Waals surface area contributed by atoms with Gasteiger partial charge in [-0.2, -0.15) is 0 Å². The molecule has 2 rings (SSSR count). The van der Waals surface area contributed by atoms with Gasteiger partial charge in [0.05, 0.1) is 8.07 Å². The minimum Gasteiger partial charge on any atom is -0.0805 e. The Morgan fingerprint density at radius 2 is 1.92 bits per heavy atom. The van der Waals surface area contributed by atoms with Crippen LogP contribution in [0.3, 0.4) is 0 Å². The van der Waals surface area contributed by atoms with E-state index < -0.39 is 8.07 Å². The first-order valence-corrected chi connectivity index (χ1v) is 8.87. The van der Waals surface area contributed by atoms with Gasteiger partial charge in [-0.1, -0.05) is 52.9 Å². The van der Waals surface area contributed by atoms with E-state index in [0.29, 0.717) is 0 Å². The molecule has 0 aromatic heterocycles. The normalized spacial score (nSPS) is 33.7. The van der Waals surface area contributed by atoms with Crippen LogP contribution in [0.25, 0.3) is 0 Å². The number of rotatable bonds is 1. The van der Waals surface area contributed by atoms with Crippen molar-refractivity contribution < 1.29 is 0 Å². The van der Waals surface area contributed by atoms with Crippen molar-refractivity contribution in [3.05, 3.63) is 21.8 Å². The van der Waals surface area contributed by atoms with E-state index in [4.69, 9.17) is 0 Å². The van der Waals surface area contributed by atoms with Crippen LogP contribution in [0.5, 0.6) is 0 Å². The van der Waals surface area contributed by atoms with Gasteiger partial charge < -0.3 is 0 Å². The molecule has 2 atom stereocenters. The molecule has 0 N–H and O–H groups in total. The molecule has 0 spiro atoms. The largest absolute Gasteiger partial charge is 0.0805 e. The molecule has 2 aliphatic carbocycles. The molecular weight excluding hydrogens is 228 g/mol. The van der Waals surface area contributed by atoms with Crippen LogP contribution in [-0.2, 0) is 0 Å². The van der Waals surface area contributed by atoms with Gasteiger partial charge in [0.15, 0.2) is 0 Å². The Hall–Kier alpha value is 0.177. The molecule has 2 bridgehead atoms. The van der Waals surface area contributed by atoms with Gasteiger partial charge in [-0.15, -0.1) is 0 Å². The predicted octanol–water partition coefficient (Wildman–Crippen LogP) is 3.72. The first-order valence-electron chi connectivity index (χ1n) is 4.58. The van der Waals surface area contributed by atoms with Crippen LogP contribution in [0.15, 0.2) is 21.8 Å². The van der Waals surface area contributed by atoms with Crippen LogP contribution < -0.4 is 0 Å². The van der Waals surface area contributed by atoms with Crippen molar-refractivity contribution >= 4 is 24.0 Å². The third-order valence-corrected chi connectivity index (χ3v) is 5.99. The highest BCUT2D eigenvalue weighted by Crippen LogP contribution is 2.47. The first-order chi connectivity index (χ1) is 5.48. The SMILES string of the molecule is C[Si](C)(C)C1=CC2CC1C=C2Br. The standard InChI is InChI=1S/C10H15BrSi/c1-12(2,3)10-6-7-4-8(10)5-9(7)11/h5-8H,4H2,1-3H3. The van der Waals surface area contributed by atoms with Crippen molar-refractivity contribution in [3.8, 4) is 0 Å². The molecular formula is C10H15BrSi. The van der Waals surface area contributed by atoms with Crippen LogP contribution in [0.2, 0.25) is 19.6 Å². The topological polar surface area (TPSA) is 0 Å². The average Bonchev–Trinajstić information content (AvgIpc) is 2.41. The summed E-state index contributed by atoms with van der Waals surface area (Å²) < 4.78 is 1.43. The second-order valence-corrected chi connectivity index (χ2v) is 10.9. The number of allylic oxidation sites excluding steroid dienone is 4. The Morgan fingerprint density at radius 1 is 1.25 bits per heavy atom.